The van der Waals surface area contributed by atoms with Crippen LogP contribution in [0.1, 0.15) is 61.9 Å². The van der Waals surface area contributed by atoms with E-state index in [0.717, 1.165) is 43.9 Å². The highest BCUT2D eigenvalue weighted by Gasteiger charge is 2.37. The van der Waals surface area contributed by atoms with Gasteiger partial charge in [-0.1, -0.05) is 49.8 Å². The molecule has 0 bridgehead atoms. The Balaban J connectivity index is 1.90. The minimum atomic E-state index is -4.63. The molecule has 0 aliphatic heterocycles. The average Bonchev–Trinajstić information content (AvgIpc) is 3.26. The fraction of sp³-hybridized carbons (Fsp3) is 0.400. The number of esters is 1. The Morgan fingerprint density at radius 1 is 1.10 bits per heavy atom. The number of para-hydroxylation sites is 1. The van der Waals surface area contributed by atoms with E-state index >= 15 is 0 Å². The van der Waals surface area contributed by atoms with Gasteiger partial charge in [0.1, 0.15) is 11.5 Å². The van der Waals surface area contributed by atoms with Gasteiger partial charge >= 0.3 is 12.1 Å². The van der Waals surface area contributed by atoms with E-state index in [0.29, 0.717) is 12.2 Å². The molecule has 0 heterocycles. The van der Waals surface area contributed by atoms with Gasteiger partial charge in [-0.25, -0.2) is 4.79 Å². The Kier molecular flexibility index (Phi) is 6.94. The number of halogens is 3. The van der Waals surface area contributed by atoms with Crippen LogP contribution in [0.2, 0.25) is 0 Å². The zero-order valence-corrected chi connectivity index (χ0v) is 17.6. The molecule has 1 saturated carbocycles. The van der Waals surface area contributed by atoms with Gasteiger partial charge in [0.05, 0.1) is 11.1 Å². The quantitative estimate of drug-likeness (QED) is 0.302. The van der Waals surface area contributed by atoms with E-state index in [1.807, 2.05) is 6.92 Å². The van der Waals surface area contributed by atoms with Gasteiger partial charge in [0.15, 0.2) is 5.60 Å². The number of carbonyl (C=O) groups is 1. The molecule has 164 valence electrons. The molecule has 0 amide bonds. The third-order valence-corrected chi connectivity index (χ3v) is 5.38. The minimum absolute atomic E-state index is 0.0333. The highest BCUT2D eigenvalue weighted by atomic mass is 19.4. The molecule has 2 aromatic carbocycles. The number of hydrogen-bond donors (Lipinski definition) is 0. The number of ether oxygens (including phenoxy) is 2. The first-order valence-corrected chi connectivity index (χ1v) is 10.4. The number of rotatable bonds is 5. The van der Waals surface area contributed by atoms with Gasteiger partial charge in [-0.3, -0.25) is 0 Å². The molecule has 3 nitrogen and oxygen atoms in total. The summed E-state index contributed by atoms with van der Waals surface area (Å²) < 4.78 is 51.9. The van der Waals surface area contributed by atoms with Crippen molar-refractivity contribution >= 4 is 5.97 Å². The van der Waals surface area contributed by atoms with Crippen LogP contribution in [0.4, 0.5) is 13.2 Å². The lowest BCUT2D eigenvalue weighted by Gasteiger charge is -2.26. The summed E-state index contributed by atoms with van der Waals surface area (Å²) in [5.74, 6) is 5.58. The van der Waals surface area contributed by atoms with Crippen molar-refractivity contribution in [1.82, 2.24) is 0 Å². The van der Waals surface area contributed by atoms with Crippen LogP contribution in [0.5, 0.6) is 11.5 Å². The SMILES string of the molecule is CCC(C)(C#CC1CCCC1)Oc1cc(C(=O)Oc2ccccc2)ccc1C(F)(F)F. The van der Waals surface area contributed by atoms with Crippen LogP contribution in [0.3, 0.4) is 0 Å². The fourth-order valence-corrected chi connectivity index (χ4v) is 3.38. The van der Waals surface area contributed by atoms with E-state index < -0.39 is 29.1 Å². The summed E-state index contributed by atoms with van der Waals surface area (Å²) in [6.45, 7) is 3.48. The van der Waals surface area contributed by atoms with E-state index in [4.69, 9.17) is 9.47 Å². The van der Waals surface area contributed by atoms with E-state index in [1.54, 1.807) is 37.3 Å². The molecule has 1 atom stereocenters. The third kappa shape index (κ3) is 6.04. The molecule has 31 heavy (non-hydrogen) atoms. The normalized spacial score (nSPS) is 16.2. The summed E-state index contributed by atoms with van der Waals surface area (Å²) in [6.07, 6.45) is -0.00404. The molecule has 0 aromatic heterocycles. The summed E-state index contributed by atoms with van der Waals surface area (Å²) >= 11 is 0. The lowest BCUT2D eigenvalue weighted by molar-refractivity contribution is -0.139. The van der Waals surface area contributed by atoms with Crippen molar-refractivity contribution in [2.75, 3.05) is 0 Å². The maximum absolute atomic E-state index is 13.6. The van der Waals surface area contributed by atoms with Crippen molar-refractivity contribution in [1.29, 1.82) is 0 Å². The smallest absolute Gasteiger partial charge is 0.419 e. The second-order valence-electron chi connectivity index (χ2n) is 7.85. The minimum Gasteiger partial charge on any atom is -0.474 e. The van der Waals surface area contributed by atoms with Gasteiger partial charge in [-0.2, -0.15) is 13.2 Å². The van der Waals surface area contributed by atoms with Crippen molar-refractivity contribution in [3.8, 4) is 23.3 Å². The molecule has 1 unspecified atom stereocenters. The third-order valence-electron chi connectivity index (χ3n) is 5.38. The van der Waals surface area contributed by atoms with Gasteiger partial charge in [-0.15, -0.1) is 0 Å². The summed E-state index contributed by atoms with van der Waals surface area (Å²) in [6, 6.07) is 11.3. The van der Waals surface area contributed by atoms with Crippen LogP contribution >= 0.6 is 0 Å². The maximum Gasteiger partial charge on any atom is 0.419 e. The molecule has 0 saturated heterocycles. The Bertz CT molecular complexity index is 967. The summed E-state index contributed by atoms with van der Waals surface area (Å²) in [5.41, 5.74) is -2.09. The number of benzene rings is 2. The summed E-state index contributed by atoms with van der Waals surface area (Å²) in [7, 11) is 0. The van der Waals surface area contributed by atoms with E-state index in [1.165, 1.54) is 0 Å². The van der Waals surface area contributed by atoms with Crippen LogP contribution in [-0.4, -0.2) is 11.6 Å². The molecule has 0 spiro atoms. The fourth-order valence-electron chi connectivity index (χ4n) is 3.38. The van der Waals surface area contributed by atoms with Crippen molar-refractivity contribution < 1.29 is 27.4 Å². The van der Waals surface area contributed by atoms with E-state index in [9.17, 15) is 18.0 Å². The van der Waals surface area contributed by atoms with Crippen LogP contribution in [0.25, 0.3) is 0 Å². The molecule has 0 N–H and O–H groups in total. The standard InChI is InChI=1S/C25H25F3O3/c1-3-24(2,16-15-18-9-7-8-10-18)31-22-17-19(13-14-21(22)25(26,27)28)23(29)30-20-11-5-4-6-12-20/h4-6,11-14,17-18H,3,7-10H2,1-2H3. The largest absolute Gasteiger partial charge is 0.474 e. The highest BCUT2D eigenvalue weighted by Crippen LogP contribution is 2.39. The lowest BCUT2D eigenvalue weighted by Crippen LogP contribution is -2.31. The first-order valence-electron chi connectivity index (χ1n) is 10.4. The van der Waals surface area contributed by atoms with Crippen molar-refractivity contribution in [2.24, 2.45) is 5.92 Å². The monoisotopic (exact) mass is 430 g/mol. The Hall–Kier alpha value is -2.94. The lowest BCUT2D eigenvalue weighted by atomic mass is 10.0. The molecular weight excluding hydrogens is 405 g/mol. The molecule has 0 radical (unpaired) electrons. The topological polar surface area (TPSA) is 35.5 Å². The molecule has 6 heteroatoms. The molecule has 2 aromatic rings. The van der Waals surface area contributed by atoms with Gasteiger partial charge in [-0.05, 0) is 56.5 Å². The van der Waals surface area contributed by atoms with Crippen molar-refractivity contribution in [3.63, 3.8) is 0 Å². The first kappa shape index (κ1) is 22.7. The molecule has 1 fully saturated rings. The molecule has 3 rings (SSSR count). The van der Waals surface area contributed by atoms with E-state index in [2.05, 4.69) is 11.8 Å². The van der Waals surface area contributed by atoms with Crippen molar-refractivity contribution in [3.05, 3.63) is 59.7 Å². The Morgan fingerprint density at radius 3 is 2.39 bits per heavy atom. The van der Waals surface area contributed by atoms with Gasteiger partial charge in [0.2, 0.25) is 0 Å². The predicted octanol–water partition coefficient (Wildman–Crippen LogP) is 6.67. The second-order valence-corrected chi connectivity index (χ2v) is 7.85. The molecule has 1 aliphatic rings. The Morgan fingerprint density at radius 2 is 1.77 bits per heavy atom. The zero-order chi connectivity index (χ0) is 22.5. The average molecular weight is 430 g/mol. The first-order chi connectivity index (χ1) is 14.7. The molecular formula is C25H25F3O3. The number of carbonyl (C=O) groups excluding carboxylic acids is 1. The van der Waals surface area contributed by atoms with Gasteiger partial charge in [0.25, 0.3) is 0 Å². The summed E-state index contributed by atoms with van der Waals surface area (Å²) in [4.78, 5) is 12.5. The van der Waals surface area contributed by atoms with Crippen LogP contribution < -0.4 is 9.47 Å². The van der Waals surface area contributed by atoms with Gasteiger partial charge < -0.3 is 9.47 Å². The predicted molar refractivity (Wildman–Crippen MR) is 112 cm³/mol. The number of alkyl halides is 3. The summed E-state index contributed by atoms with van der Waals surface area (Å²) in [5, 5.41) is 0. The van der Waals surface area contributed by atoms with Crippen LogP contribution in [0.15, 0.2) is 48.5 Å². The highest BCUT2D eigenvalue weighted by molar-refractivity contribution is 5.91. The maximum atomic E-state index is 13.6. The second kappa shape index (κ2) is 9.47. The van der Waals surface area contributed by atoms with Crippen LogP contribution in [0, 0.1) is 17.8 Å². The Labute approximate surface area is 180 Å². The zero-order valence-electron chi connectivity index (χ0n) is 17.6. The van der Waals surface area contributed by atoms with E-state index in [-0.39, 0.29) is 11.5 Å². The van der Waals surface area contributed by atoms with Crippen LogP contribution in [-0.2, 0) is 6.18 Å². The number of hydrogen-bond acceptors (Lipinski definition) is 3. The van der Waals surface area contributed by atoms with Gasteiger partial charge in [0, 0.05) is 5.92 Å². The molecule has 1 aliphatic carbocycles. The van der Waals surface area contributed by atoms with Crippen molar-refractivity contribution in [2.45, 2.75) is 57.7 Å².